The van der Waals surface area contributed by atoms with Crippen LogP contribution in [-0.4, -0.2) is 18.0 Å². The van der Waals surface area contributed by atoms with Gasteiger partial charge in [0.1, 0.15) is 11.9 Å². The molecule has 1 aromatic carbocycles. The number of hydrogen-bond donors (Lipinski definition) is 1. The van der Waals surface area contributed by atoms with Crippen LogP contribution in [0.4, 0.5) is 10.5 Å². The number of rotatable bonds is 3. The van der Waals surface area contributed by atoms with E-state index in [0.717, 1.165) is 24.7 Å². The van der Waals surface area contributed by atoms with Gasteiger partial charge in [-0.2, -0.15) is 0 Å². The molecule has 0 heterocycles. The van der Waals surface area contributed by atoms with Crippen molar-refractivity contribution in [3.63, 3.8) is 0 Å². The van der Waals surface area contributed by atoms with Crippen molar-refractivity contribution in [2.45, 2.75) is 44.6 Å². The predicted octanol–water partition coefficient (Wildman–Crippen LogP) is 3.92. The van der Waals surface area contributed by atoms with Gasteiger partial charge < -0.3 is 9.53 Å². The lowest BCUT2D eigenvalue weighted by Crippen LogP contribution is -2.27. The van der Waals surface area contributed by atoms with Gasteiger partial charge in [0.15, 0.2) is 0 Å². The first-order valence-corrected chi connectivity index (χ1v) is 6.90. The largest absolute Gasteiger partial charge is 0.444 e. The third kappa shape index (κ3) is 3.31. The van der Waals surface area contributed by atoms with Gasteiger partial charge in [0, 0.05) is 10.7 Å². The maximum absolute atomic E-state index is 11.7. The molecule has 1 amide bonds. The molecule has 0 aliphatic heterocycles. The van der Waals surface area contributed by atoms with Crippen LogP contribution in [0.25, 0.3) is 0 Å². The Morgan fingerprint density at radius 3 is 2.55 bits per heavy atom. The van der Waals surface area contributed by atoms with E-state index in [2.05, 4.69) is 5.32 Å². The highest BCUT2D eigenvalue weighted by Gasteiger charge is 2.45. The Balaban J connectivity index is 2.16. The summed E-state index contributed by atoms with van der Waals surface area (Å²) in [5, 5.41) is 3.20. The molecule has 0 bridgehead atoms. The molecular weight excluding hydrogens is 278 g/mol. The van der Waals surface area contributed by atoms with Crippen LogP contribution >= 0.6 is 11.6 Å². The van der Waals surface area contributed by atoms with Crippen LogP contribution < -0.4 is 5.32 Å². The molecule has 1 saturated carbocycles. The molecule has 1 aliphatic rings. The fraction of sp³-hybridized carbons (Fsp3) is 0.467. The Hall–Kier alpha value is -1.55. The first-order valence-electron chi connectivity index (χ1n) is 6.52. The van der Waals surface area contributed by atoms with Crippen LogP contribution in [0.15, 0.2) is 18.2 Å². The fourth-order valence-corrected chi connectivity index (χ4v) is 2.30. The van der Waals surface area contributed by atoms with Crippen LogP contribution in [0.2, 0.25) is 5.02 Å². The van der Waals surface area contributed by atoms with E-state index in [1.54, 1.807) is 39.0 Å². The second kappa shape index (κ2) is 5.09. The predicted molar refractivity (Wildman–Crippen MR) is 78.3 cm³/mol. The minimum absolute atomic E-state index is 0.470. The topological polar surface area (TPSA) is 55.4 Å². The maximum atomic E-state index is 11.7. The molecule has 1 fully saturated rings. The van der Waals surface area contributed by atoms with Gasteiger partial charge in [-0.05, 0) is 57.4 Å². The molecule has 5 heteroatoms. The second-order valence-electron chi connectivity index (χ2n) is 6.10. The smallest absolute Gasteiger partial charge is 0.412 e. The van der Waals surface area contributed by atoms with Crippen molar-refractivity contribution in [2.24, 2.45) is 0 Å². The quantitative estimate of drug-likeness (QED) is 0.860. The zero-order valence-corrected chi connectivity index (χ0v) is 12.6. The summed E-state index contributed by atoms with van der Waals surface area (Å²) in [4.78, 5) is 22.9. The molecule has 4 nitrogen and oxygen atoms in total. The Morgan fingerprint density at radius 2 is 2.05 bits per heavy atom. The Kier molecular flexibility index (Phi) is 3.78. The lowest BCUT2D eigenvalue weighted by Gasteiger charge is -2.20. The van der Waals surface area contributed by atoms with Gasteiger partial charge in [-0.1, -0.05) is 11.6 Å². The van der Waals surface area contributed by atoms with E-state index in [9.17, 15) is 9.59 Å². The summed E-state index contributed by atoms with van der Waals surface area (Å²) >= 11 is 6.14. The van der Waals surface area contributed by atoms with Gasteiger partial charge in [-0.25, -0.2) is 4.79 Å². The molecule has 0 aromatic heterocycles. The van der Waals surface area contributed by atoms with E-state index in [4.69, 9.17) is 16.3 Å². The minimum atomic E-state index is -0.556. The molecule has 1 aliphatic carbocycles. The molecule has 0 atom stereocenters. The molecular formula is C15H18ClNO3. The van der Waals surface area contributed by atoms with Crippen molar-refractivity contribution < 1.29 is 14.3 Å². The third-order valence-corrected chi connectivity index (χ3v) is 3.49. The average Bonchev–Trinajstić information content (AvgIpc) is 3.10. The fourth-order valence-electron chi connectivity index (χ4n) is 1.99. The summed E-state index contributed by atoms with van der Waals surface area (Å²) in [6.45, 7) is 5.39. The average molecular weight is 296 g/mol. The van der Waals surface area contributed by atoms with E-state index < -0.39 is 17.1 Å². The highest BCUT2D eigenvalue weighted by molar-refractivity contribution is 6.31. The van der Waals surface area contributed by atoms with Gasteiger partial charge in [0.2, 0.25) is 0 Å². The van der Waals surface area contributed by atoms with Crippen LogP contribution in [-0.2, 0) is 14.9 Å². The number of carbonyl (C=O) groups is 2. The lowest BCUT2D eigenvalue weighted by atomic mass is 9.97. The lowest BCUT2D eigenvalue weighted by molar-refractivity contribution is -0.109. The van der Waals surface area contributed by atoms with Crippen molar-refractivity contribution in [1.29, 1.82) is 0 Å². The number of ether oxygens (including phenoxy) is 1. The van der Waals surface area contributed by atoms with Crippen LogP contribution in [0.5, 0.6) is 0 Å². The number of halogens is 1. The van der Waals surface area contributed by atoms with Gasteiger partial charge in [0.25, 0.3) is 0 Å². The molecule has 108 valence electrons. The standard InChI is InChI=1S/C15H18ClNO3/c1-14(2,3)20-13(19)17-10-4-5-12(16)11(8-10)15(9-18)6-7-15/h4-5,8-9H,6-7H2,1-3H3,(H,17,19). The highest BCUT2D eigenvalue weighted by atomic mass is 35.5. The van der Waals surface area contributed by atoms with E-state index >= 15 is 0 Å². The summed E-state index contributed by atoms with van der Waals surface area (Å²) < 4.78 is 5.19. The number of nitrogens with one attached hydrogen (secondary N) is 1. The number of aldehydes is 1. The molecule has 0 saturated heterocycles. The maximum Gasteiger partial charge on any atom is 0.412 e. The van der Waals surface area contributed by atoms with Crippen molar-refractivity contribution in [3.8, 4) is 0 Å². The molecule has 2 rings (SSSR count). The number of anilines is 1. The summed E-state index contributed by atoms with van der Waals surface area (Å²) in [7, 11) is 0. The Bertz CT molecular complexity index is 545. The Labute approximate surface area is 123 Å². The highest BCUT2D eigenvalue weighted by Crippen LogP contribution is 2.49. The van der Waals surface area contributed by atoms with E-state index in [1.165, 1.54) is 0 Å². The molecule has 0 unspecified atom stereocenters. The zero-order valence-electron chi connectivity index (χ0n) is 11.8. The number of benzene rings is 1. The Morgan fingerprint density at radius 1 is 1.40 bits per heavy atom. The number of amides is 1. The first kappa shape index (κ1) is 14.9. The van der Waals surface area contributed by atoms with Crippen molar-refractivity contribution in [2.75, 3.05) is 5.32 Å². The zero-order chi connectivity index (χ0) is 15.0. The normalized spacial score (nSPS) is 16.4. The third-order valence-electron chi connectivity index (χ3n) is 3.16. The van der Waals surface area contributed by atoms with Crippen molar-refractivity contribution in [1.82, 2.24) is 0 Å². The SMILES string of the molecule is CC(C)(C)OC(=O)Nc1ccc(Cl)c(C2(C=O)CC2)c1. The van der Waals surface area contributed by atoms with E-state index in [1.807, 2.05) is 0 Å². The van der Waals surface area contributed by atoms with Crippen LogP contribution in [0.1, 0.15) is 39.2 Å². The second-order valence-corrected chi connectivity index (χ2v) is 6.50. The molecule has 20 heavy (non-hydrogen) atoms. The summed E-state index contributed by atoms with van der Waals surface area (Å²) in [6, 6.07) is 5.12. The van der Waals surface area contributed by atoms with Gasteiger partial charge in [0.05, 0.1) is 5.41 Å². The monoisotopic (exact) mass is 295 g/mol. The molecule has 0 spiro atoms. The first-order chi connectivity index (χ1) is 9.26. The minimum Gasteiger partial charge on any atom is -0.444 e. The van der Waals surface area contributed by atoms with Crippen LogP contribution in [0, 0.1) is 0 Å². The molecule has 0 radical (unpaired) electrons. The van der Waals surface area contributed by atoms with Gasteiger partial charge in [-0.3, -0.25) is 5.32 Å². The summed E-state index contributed by atoms with van der Waals surface area (Å²) in [5.41, 5.74) is 0.317. The van der Waals surface area contributed by atoms with Gasteiger partial charge >= 0.3 is 6.09 Å². The molecule has 1 N–H and O–H groups in total. The number of hydrogen-bond acceptors (Lipinski definition) is 3. The van der Waals surface area contributed by atoms with Crippen LogP contribution in [0.3, 0.4) is 0 Å². The summed E-state index contributed by atoms with van der Waals surface area (Å²) in [5.74, 6) is 0. The van der Waals surface area contributed by atoms with Gasteiger partial charge in [-0.15, -0.1) is 0 Å². The van der Waals surface area contributed by atoms with Crippen molar-refractivity contribution >= 4 is 29.7 Å². The van der Waals surface area contributed by atoms with E-state index in [0.29, 0.717) is 10.7 Å². The van der Waals surface area contributed by atoms with E-state index in [-0.39, 0.29) is 0 Å². The molecule has 1 aromatic rings. The van der Waals surface area contributed by atoms with Crippen molar-refractivity contribution in [3.05, 3.63) is 28.8 Å². The summed E-state index contributed by atoms with van der Waals surface area (Å²) in [6.07, 6.45) is 2.01. The number of carbonyl (C=O) groups excluding carboxylic acids is 2.